The molecule has 0 aromatic heterocycles. The van der Waals surface area contributed by atoms with E-state index in [9.17, 15) is 9.18 Å². The van der Waals surface area contributed by atoms with E-state index in [0.717, 1.165) is 4.90 Å². The van der Waals surface area contributed by atoms with Gasteiger partial charge in [0.15, 0.2) is 0 Å². The largest absolute Gasteiger partial charge is 0.465 e. The maximum absolute atomic E-state index is 13.5. The number of amides is 1. The van der Waals surface area contributed by atoms with Gasteiger partial charge in [-0.3, -0.25) is 4.90 Å². The molecule has 0 aliphatic carbocycles. The van der Waals surface area contributed by atoms with Gasteiger partial charge < -0.3 is 5.11 Å². The van der Waals surface area contributed by atoms with E-state index in [-0.39, 0.29) is 5.82 Å². The Kier molecular flexibility index (Phi) is 2.19. The quantitative estimate of drug-likeness (QED) is 0.778. The molecule has 0 spiro atoms. The van der Waals surface area contributed by atoms with Gasteiger partial charge in [0.25, 0.3) is 0 Å². The van der Waals surface area contributed by atoms with Crippen molar-refractivity contribution in [3.05, 3.63) is 28.0 Å². The Hall–Kier alpha value is -1.10. The Labute approximate surface area is 88.3 Å². The summed E-state index contributed by atoms with van der Waals surface area (Å²) in [7, 11) is 0. The molecule has 5 heteroatoms. The van der Waals surface area contributed by atoms with Crippen LogP contribution >= 0.6 is 15.9 Å². The van der Waals surface area contributed by atoms with Crippen LogP contribution in [0, 0.1) is 5.82 Å². The van der Waals surface area contributed by atoms with Crippen molar-refractivity contribution in [3.63, 3.8) is 0 Å². The highest BCUT2D eigenvalue weighted by Crippen LogP contribution is 2.33. The fourth-order valence-electron chi connectivity index (χ4n) is 1.62. The van der Waals surface area contributed by atoms with Crippen LogP contribution in [0.5, 0.6) is 0 Å². The number of nitrogens with zero attached hydrogens (tertiary/aromatic N) is 1. The predicted molar refractivity (Wildman–Crippen MR) is 53.2 cm³/mol. The number of halogens is 2. The summed E-state index contributed by atoms with van der Waals surface area (Å²) in [5.41, 5.74) is 0.931. The molecule has 0 unspecified atom stereocenters. The SMILES string of the molecule is O=C(O)N1CCc2c1ccc(Br)c2F. The minimum absolute atomic E-state index is 0.331. The minimum Gasteiger partial charge on any atom is -0.465 e. The number of benzene rings is 1. The molecule has 2 rings (SSSR count). The lowest BCUT2D eigenvalue weighted by Gasteiger charge is -2.12. The first kappa shape index (κ1) is 9.45. The van der Waals surface area contributed by atoms with Crippen molar-refractivity contribution in [3.8, 4) is 0 Å². The van der Waals surface area contributed by atoms with Gasteiger partial charge in [0.05, 0.1) is 10.2 Å². The van der Waals surface area contributed by atoms with Gasteiger partial charge in [-0.2, -0.15) is 0 Å². The van der Waals surface area contributed by atoms with Gasteiger partial charge in [-0.15, -0.1) is 0 Å². The third-order valence-corrected chi connectivity index (χ3v) is 2.89. The zero-order valence-corrected chi connectivity index (χ0v) is 8.71. The molecule has 1 N–H and O–H groups in total. The average Bonchev–Trinajstić information content (AvgIpc) is 2.55. The Morgan fingerprint density at radius 1 is 1.57 bits per heavy atom. The van der Waals surface area contributed by atoms with Crippen LogP contribution in [0.3, 0.4) is 0 Å². The smallest absolute Gasteiger partial charge is 0.411 e. The normalized spacial score (nSPS) is 14.3. The lowest BCUT2D eigenvalue weighted by atomic mass is 10.1. The molecule has 1 heterocycles. The second-order valence-corrected chi connectivity index (χ2v) is 3.90. The van der Waals surface area contributed by atoms with Crippen LogP contribution in [0.2, 0.25) is 0 Å². The summed E-state index contributed by atoms with van der Waals surface area (Å²) in [6.45, 7) is 0.331. The van der Waals surface area contributed by atoms with Crippen LogP contribution in [0.1, 0.15) is 5.56 Å². The third kappa shape index (κ3) is 1.28. The molecule has 14 heavy (non-hydrogen) atoms. The van der Waals surface area contributed by atoms with E-state index >= 15 is 0 Å². The van der Waals surface area contributed by atoms with Gasteiger partial charge in [0, 0.05) is 12.1 Å². The summed E-state index contributed by atoms with van der Waals surface area (Å²) >= 11 is 3.06. The fourth-order valence-corrected chi connectivity index (χ4v) is 1.99. The molecule has 1 amide bonds. The van der Waals surface area contributed by atoms with Crippen LogP contribution in [0.15, 0.2) is 16.6 Å². The van der Waals surface area contributed by atoms with Crippen LogP contribution in [-0.4, -0.2) is 17.7 Å². The average molecular weight is 260 g/mol. The summed E-state index contributed by atoms with van der Waals surface area (Å²) in [6.07, 6.45) is -0.599. The molecule has 0 saturated carbocycles. The first-order chi connectivity index (χ1) is 6.61. The first-order valence-electron chi connectivity index (χ1n) is 4.08. The van der Waals surface area contributed by atoms with Crippen LogP contribution in [0.4, 0.5) is 14.9 Å². The van der Waals surface area contributed by atoms with E-state index in [1.807, 2.05) is 0 Å². The standard InChI is InChI=1S/C9H7BrFNO2/c10-6-1-2-7-5(8(6)11)3-4-12(7)9(13)14/h1-2H,3-4H2,(H,13,14). The monoisotopic (exact) mass is 259 g/mol. The molecule has 74 valence electrons. The maximum Gasteiger partial charge on any atom is 0.411 e. The zero-order valence-electron chi connectivity index (χ0n) is 7.13. The van der Waals surface area contributed by atoms with Gasteiger partial charge in [-0.05, 0) is 34.5 Å². The zero-order chi connectivity index (χ0) is 10.3. The van der Waals surface area contributed by atoms with Crippen molar-refractivity contribution < 1.29 is 14.3 Å². The number of hydrogen-bond acceptors (Lipinski definition) is 1. The van der Waals surface area contributed by atoms with Crippen molar-refractivity contribution in [2.75, 3.05) is 11.4 Å². The maximum atomic E-state index is 13.5. The topological polar surface area (TPSA) is 40.5 Å². The molecular formula is C9H7BrFNO2. The highest BCUT2D eigenvalue weighted by molar-refractivity contribution is 9.10. The molecule has 3 nitrogen and oxygen atoms in total. The molecule has 0 radical (unpaired) electrons. The molecule has 1 aliphatic heterocycles. The van der Waals surface area contributed by atoms with Crippen molar-refractivity contribution >= 4 is 27.7 Å². The molecule has 0 bridgehead atoms. The van der Waals surface area contributed by atoms with Gasteiger partial charge in [0.2, 0.25) is 0 Å². The fraction of sp³-hybridized carbons (Fsp3) is 0.222. The van der Waals surface area contributed by atoms with Crippen LogP contribution in [0.25, 0.3) is 0 Å². The molecule has 1 aromatic rings. The Morgan fingerprint density at radius 3 is 2.93 bits per heavy atom. The van der Waals surface area contributed by atoms with Crippen molar-refractivity contribution in [1.82, 2.24) is 0 Å². The number of carbonyl (C=O) groups is 1. The summed E-state index contributed by atoms with van der Waals surface area (Å²) in [6, 6.07) is 3.14. The summed E-state index contributed by atoms with van der Waals surface area (Å²) in [4.78, 5) is 11.9. The van der Waals surface area contributed by atoms with Gasteiger partial charge in [-0.1, -0.05) is 0 Å². The summed E-state index contributed by atoms with van der Waals surface area (Å²) in [5.74, 6) is -0.355. The van der Waals surface area contributed by atoms with Crippen molar-refractivity contribution in [2.24, 2.45) is 0 Å². The molecule has 1 aliphatic rings. The number of hydrogen-bond donors (Lipinski definition) is 1. The lowest BCUT2D eigenvalue weighted by Crippen LogP contribution is -2.26. The first-order valence-corrected chi connectivity index (χ1v) is 4.88. The second kappa shape index (κ2) is 3.24. The van der Waals surface area contributed by atoms with Crippen LogP contribution in [-0.2, 0) is 6.42 Å². The molecule has 0 atom stereocenters. The van der Waals surface area contributed by atoms with Crippen molar-refractivity contribution in [2.45, 2.75) is 6.42 Å². The molecule has 0 fully saturated rings. The molecule has 0 saturated heterocycles. The van der Waals surface area contributed by atoms with Crippen molar-refractivity contribution in [1.29, 1.82) is 0 Å². The Morgan fingerprint density at radius 2 is 2.29 bits per heavy atom. The molecule has 1 aromatic carbocycles. The summed E-state index contributed by atoms with van der Waals surface area (Å²) in [5, 5.41) is 8.81. The highest BCUT2D eigenvalue weighted by Gasteiger charge is 2.27. The van der Waals surface area contributed by atoms with Crippen LogP contribution < -0.4 is 4.90 Å². The van der Waals surface area contributed by atoms with Gasteiger partial charge >= 0.3 is 6.09 Å². The summed E-state index contributed by atoms with van der Waals surface area (Å²) < 4.78 is 13.9. The predicted octanol–water partition coefficient (Wildman–Crippen LogP) is 2.63. The van der Waals surface area contributed by atoms with E-state index in [4.69, 9.17) is 5.11 Å². The Balaban J connectivity index is 2.53. The van der Waals surface area contributed by atoms with E-state index < -0.39 is 6.09 Å². The number of rotatable bonds is 0. The van der Waals surface area contributed by atoms with E-state index in [1.165, 1.54) is 6.07 Å². The Bertz CT molecular complexity index is 408. The number of anilines is 1. The molecular weight excluding hydrogens is 253 g/mol. The van der Waals surface area contributed by atoms with Gasteiger partial charge in [-0.25, -0.2) is 9.18 Å². The lowest BCUT2D eigenvalue weighted by molar-refractivity contribution is 0.202. The minimum atomic E-state index is -1.04. The number of fused-ring (bicyclic) bond motifs is 1. The number of carboxylic acid groups (broad SMARTS) is 1. The third-order valence-electron chi connectivity index (χ3n) is 2.28. The second-order valence-electron chi connectivity index (χ2n) is 3.04. The van der Waals surface area contributed by atoms with E-state index in [0.29, 0.717) is 28.7 Å². The van der Waals surface area contributed by atoms with E-state index in [1.54, 1.807) is 6.07 Å². The highest BCUT2D eigenvalue weighted by atomic mass is 79.9. The van der Waals surface area contributed by atoms with Gasteiger partial charge in [0.1, 0.15) is 5.82 Å². The van der Waals surface area contributed by atoms with E-state index in [2.05, 4.69) is 15.9 Å².